The van der Waals surface area contributed by atoms with Gasteiger partial charge in [-0.3, -0.25) is 0 Å². The molecule has 0 saturated heterocycles. The molecule has 1 N–H and O–H groups in total. The fraction of sp³-hybridized carbons (Fsp3) is 0.857. The van der Waals surface area contributed by atoms with E-state index < -0.39 is 11.2 Å². The molecule has 17 heavy (non-hydrogen) atoms. The summed E-state index contributed by atoms with van der Waals surface area (Å²) in [4.78, 5) is 0. The summed E-state index contributed by atoms with van der Waals surface area (Å²) in [6.45, 7) is 12.1. The summed E-state index contributed by atoms with van der Waals surface area (Å²) in [5.74, 6) is 0. The van der Waals surface area contributed by atoms with E-state index in [1.165, 1.54) is 11.9 Å². The molecule has 1 aliphatic rings. The largest absolute Gasteiger partial charge is 0.427 e. The normalized spacial score (nSPS) is 21.0. The molecule has 2 nitrogen and oxygen atoms in total. The standard InChI is InChI=1S/C14H27BO2/c1-12(2)9-7-11(8-10-12)15-17-14(5,6)13(3,4)16/h7,15-16H,8-10H2,1-6H3. The molecule has 1 aliphatic carbocycles. The van der Waals surface area contributed by atoms with E-state index in [4.69, 9.17) is 4.65 Å². The number of aliphatic hydroxyl groups is 1. The van der Waals surface area contributed by atoms with Crippen molar-refractivity contribution in [3.05, 3.63) is 11.5 Å². The quantitative estimate of drug-likeness (QED) is 0.763. The molecule has 0 fully saturated rings. The number of hydrogen-bond donors (Lipinski definition) is 1. The predicted molar refractivity (Wildman–Crippen MR) is 74.3 cm³/mol. The Bertz CT molecular complexity index is 298. The van der Waals surface area contributed by atoms with Gasteiger partial charge in [0.15, 0.2) is 0 Å². The summed E-state index contributed by atoms with van der Waals surface area (Å²) in [5.41, 5.74) is 0.485. The van der Waals surface area contributed by atoms with Gasteiger partial charge in [0, 0.05) is 0 Å². The molecule has 0 saturated carbocycles. The van der Waals surface area contributed by atoms with Crippen LogP contribution in [0.5, 0.6) is 0 Å². The zero-order chi connectivity index (χ0) is 13.3. The van der Waals surface area contributed by atoms with Crippen LogP contribution in [0.4, 0.5) is 0 Å². The van der Waals surface area contributed by atoms with Crippen LogP contribution in [0.2, 0.25) is 0 Å². The molecule has 0 heterocycles. The van der Waals surface area contributed by atoms with Crippen LogP contribution in [-0.4, -0.2) is 23.8 Å². The van der Waals surface area contributed by atoms with Crippen LogP contribution in [0.3, 0.4) is 0 Å². The first-order valence-corrected chi connectivity index (χ1v) is 6.58. The molecule has 98 valence electrons. The first kappa shape index (κ1) is 14.8. The Morgan fingerprint density at radius 1 is 1.29 bits per heavy atom. The van der Waals surface area contributed by atoms with Gasteiger partial charge >= 0.3 is 7.48 Å². The third-order valence-corrected chi connectivity index (χ3v) is 4.16. The Balaban J connectivity index is 2.51. The van der Waals surface area contributed by atoms with Crippen LogP contribution in [0.15, 0.2) is 11.5 Å². The van der Waals surface area contributed by atoms with Gasteiger partial charge < -0.3 is 9.76 Å². The summed E-state index contributed by atoms with van der Waals surface area (Å²) < 4.78 is 5.88. The van der Waals surface area contributed by atoms with Crippen molar-refractivity contribution in [2.75, 3.05) is 0 Å². The van der Waals surface area contributed by atoms with Crippen molar-refractivity contribution in [1.29, 1.82) is 0 Å². The number of allylic oxidation sites excluding steroid dienone is 2. The predicted octanol–water partition coefficient (Wildman–Crippen LogP) is 3.00. The van der Waals surface area contributed by atoms with Crippen LogP contribution in [-0.2, 0) is 4.65 Å². The van der Waals surface area contributed by atoms with Crippen LogP contribution in [0, 0.1) is 5.41 Å². The molecule has 0 atom stereocenters. The fourth-order valence-corrected chi connectivity index (χ4v) is 1.70. The molecule has 0 aliphatic heterocycles. The third-order valence-electron chi connectivity index (χ3n) is 4.16. The Morgan fingerprint density at radius 2 is 1.88 bits per heavy atom. The second kappa shape index (κ2) is 4.77. The maximum atomic E-state index is 10.0. The summed E-state index contributed by atoms with van der Waals surface area (Å²) in [6, 6.07) is 0. The zero-order valence-electron chi connectivity index (χ0n) is 12.3. The van der Waals surface area contributed by atoms with Gasteiger partial charge in [0.1, 0.15) is 0 Å². The molecule has 0 bridgehead atoms. The summed E-state index contributed by atoms with van der Waals surface area (Å²) >= 11 is 0. The van der Waals surface area contributed by atoms with Gasteiger partial charge in [-0.15, -0.1) is 0 Å². The molecule has 0 spiro atoms. The van der Waals surface area contributed by atoms with E-state index in [1.54, 1.807) is 13.8 Å². The smallest absolute Gasteiger partial charge is 0.305 e. The maximum absolute atomic E-state index is 10.0. The lowest BCUT2D eigenvalue weighted by atomic mass is 9.70. The van der Waals surface area contributed by atoms with Crippen molar-refractivity contribution in [1.82, 2.24) is 0 Å². The third kappa shape index (κ3) is 4.15. The summed E-state index contributed by atoms with van der Waals surface area (Å²) in [6.07, 6.45) is 5.79. The second-order valence-electron chi connectivity index (χ2n) is 7.09. The van der Waals surface area contributed by atoms with Gasteiger partial charge in [-0.1, -0.05) is 25.4 Å². The minimum Gasteiger partial charge on any atom is -0.427 e. The summed E-state index contributed by atoms with van der Waals surface area (Å²) in [7, 11) is 0.646. The average Bonchev–Trinajstić information content (AvgIpc) is 2.14. The van der Waals surface area contributed by atoms with Crippen molar-refractivity contribution in [3.63, 3.8) is 0 Å². The van der Waals surface area contributed by atoms with Gasteiger partial charge in [0.05, 0.1) is 11.2 Å². The monoisotopic (exact) mass is 238 g/mol. The topological polar surface area (TPSA) is 29.5 Å². The van der Waals surface area contributed by atoms with Crippen molar-refractivity contribution >= 4 is 7.48 Å². The summed E-state index contributed by atoms with van der Waals surface area (Å²) in [5, 5.41) is 10.0. The Morgan fingerprint density at radius 3 is 2.29 bits per heavy atom. The van der Waals surface area contributed by atoms with E-state index in [2.05, 4.69) is 19.9 Å². The molecule has 0 unspecified atom stereocenters. The van der Waals surface area contributed by atoms with Crippen LogP contribution in [0.1, 0.15) is 60.8 Å². The highest BCUT2D eigenvalue weighted by Crippen LogP contribution is 2.34. The zero-order valence-corrected chi connectivity index (χ0v) is 12.3. The second-order valence-corrected chi connectivity index (χ2v) is 7.09. The Hall–Kier alpha value is -0.275. The van der Waals surface area contributed by atoms with E-state index in [1.807, 2.05) is 13.8 Å². The molecular weight excluding hydrogens is 211 g/mol. The lowest BCUT2D eigenvalue weighted by molar-refractivity contribution is -0.0898. The Labute approximate surface area is 107 Å². The van der Waals surface area contributed by atoms with E-state index in [0.29, 0.717) is 12.9 Å². The average molecular weight is 238 g/mol. The molecule has 1 rings (SSSR count). The van der Waals surface area contributed by atoms with Crippen molar-refractivity contribution < 1.29 is 9.76 Å². The fourth-order valence-electron chi connectivity index (χ4n) is 1.70. The minimum atomic E-state index is -0.818. The van der Waals surface area contributed by atoms with Crippen molar-refractivity contribution in [3.8, 4) is 0 Å². The SMILES string of the molecule is CC1(C)CC=C(BOC(C)(C)C(C)(C)O)CC1. The Kier molecular flexibility index (Phi) is 4.15. The molecule has 0 amide bonds. The lowest BCUT2D eigenvalue weighted by Gasteiger charge is -2.38. The van der Waals surface area contributed by atoms with Crippen LogP contribution in [0.25, 0.3) is 0 Å². The van der Waals surface area contributed by atoms with Crippen LogP contribution < -0.4 is 0 Å². The molecule has 0 radical (unpaired) electrons. The molecule has 0 aromatic heterocycles. The molecule has 0 aromatic carbocycles. The van der Waals surface area contributed by atoms with Crippen LogP contribution >= 0.6 is 0 Å². The first-order valence-electron chi connectivity index (χ1n) is 6.58. The number of hydrogen-bond acceptors (Lipinski definition) is 2. The highest BCUT2D eigenvalue weighted by Gasteiger charge is 2.36. The highest BCUT2D eigenvalue weighted by atomic mass is 16.5. The van der Waals surface area contributed by atoms with Crippen molar-refractivity contribution in [2.24, 2.45) is 5.41 Å². The molecule has 0 aromatic rings. The highest BCUT2D eigenvalue weighted by molar-refractivity contribution is 6.38. The van der Waals surface area contributed by atoms with Gasteiger partial charge in [0.2, 0.25) is 0 Å². The molecule has 3 heteroatoms. The van der Waals surface area contributed by atoms with Gasteiger partial charge in [-0.05, 0) is 52.4 Å². The first-order chi connectivity index (χ1) is 7.54. The van der Waals surface area contributed by atoms with Gasteiger partial charge in [-0.2, -0.15) is 0 Å². The lowest BCUT2D eigenvalue weighted by Crippen LogP contribution is -2.48. The van der Waals surface area contributed by atoms with E-state index in [0.717, 1.165) is 12.8 Å². The number of rotatable bonds is 4. The minimum absolute atomic E-state index is 0.440. The van der Waals surface area contributed by atoms with E-state index >= 15 is 0 Å². The molecular formula is C14H27BO2. The van der Waals surface area contributed by atoms with Gasteiger partial charge in [-0.25, -0.2) is 0 Å². The van der Waals surface area contributed by atoms with E-state index in [-0.39, 0.29) is 0 Å². The van der Waals surface area contributed by atoms with E-state index in [9.17, 15) is 5.11 Å². The van der Waals surface area contributed by atoms with Gasteiger partial charge in [0.25, 0.3) is 0 Å². The maximum Gasteiger partial charge on any atom is 0.305 e. The van der Waals surface area contributed by atoms with Crippen molar-refractivity contribution in [2.45, 2.75) is 72.0 Å².